The fraction of sp³-hybridized carbons (Fsp3) is 0.273. The summed E-state index contributed by atoms with van der Waals surface area (Å²) in [5.41, 5.74) is 0.862. The SMILES string of the molecule is CCCc1nc(-c2cc(C(=O)O)co2)cs1. The molecule has 2 aromatic heterocycles. The molecule has 2 heterocycles. The lowest BCUT2D eigenvalue weighted by atomic mass is 10.3. The number of carboxylic acids is 1. The van der Waals surface area contributed by atoms with Crippen LogP contribution in [0.3, 0.4) is 0 Å². The van der Waals surface area contributed by atoms with Gasteiger partial charge in [-0.1, -0.05) is 6.92 Å². The van der Waals surface area contributed by atoms with Crippen LogP contribution in [0.5, 0.6) is 0 Å². The number of rotatable bonds is 4. The number of hydrogen-bond donors (Lipinski definition) is 1. The molecule has 0 amide bonds. The monoisotopic (exact) mass is 237 g/mol. The van der Waals surface area contributed by atoms with Gasteiger partial charge in [-0.05, 0) is 12.8 Å². The Kier molecular flexibility index (Phi) is 3.05. The molecule has 0 aliphatic carbocycles. The van der Waals surface area contributed by atoms with E-state index in [1.807, 2.05) is 5.38 Å². The van der Waals surface area contributed by atoms with Crippen LogP contribution in [0.4, 0.5) is 0 Å². The van der Waals surface area contributed by atoms with Crippen LogP contribution in [0.15, 0.2) is 22.1 Å². The van der Waals surface area contributed by atoms with Crippen molar-refractivity contribution in [1.82, 2.24) is 4.98 Å². The van der Waals surface area contributed by atoms with Crippen LogP contribution in [-0.2, 0) is 6.42 Å². The van der Waals surface area contributed by atoms with Crippen LogP contribution < -0.4 is 0 Å². The molecule has 2 rings (SSSR count). The van der Waals surface area contributed by atoms with Crippen molar-refractivity contribution in [3.05, 3.63) is 28.3 Å². The normalized spacial score (nSPS) is 10.6. The molecule has 0 unspecified atom stereocenters. The van der Waals surface area contributed by atoms with Gasteiger partial charge in [-0.15, -0.1) is 11.3 Å². The third kappa shape index (κ3) is 2.14. The summed E-state index contributed by atoms with van der Waals surface area (Å²) in [5, 5.41) is 11.7. The third-order valence-corrected chi connectivity index (χ3v) is 3.02. The zero-order valence-corrected chi connectivity index (χ0v) is 9.58. The van der Waals surface area contributed by atoms with Crippen molar-refractivity contribution in [1.29, 1.82) is 0 Å². The van der Waals surface area contributed by atoms with Gasteiger partial charge in [0.1, 0.15) is 12.0 Å². The van der Waals surface area contributed by atoms with Gasteiger partial charge < -0.3 is 9.52 Å². The molecule has 0 saturated carbocycles. The molecular weight excluding hydrogens is 226 g/mol. The minimum atomic E-state index is -0.987. The number of aromatic carboxylic acids is 1. The van der Waals surface area contributed by atoms with E-state index in [0.717, 1.165) is 17.8 Å². The molecule has 5 heteroatoms. The predicted molar refractivity (Wildman–Crippen MR) is 60.8 cm³/mol. The number of carboxylic acid groups (broad SMARTS) is 1. The zero-order valence-electron chi connectivity index (χ0n) is 8.77. The van der Waals surface area contributed by atoms with Gasteiger partial charge in [0.05, 0.1) is 10.6 Å². The minimum Gasteiger partial charge on any atom is -0.478 e. The molecule has 2 aromatic rings. The second kappa shape index (κ2) is 4.49. The smallest absolute Gasteiger partial charge is 0.338 e. The Morgan fingerprint density at radius 2 is 2.44 bits per heavy atom. The number of nitrogens with zero attached hydrogens (tertiary/aromatic N) is 1. The van der Waals surface area contributed by atoms with Gasteiger partial charge in [0.15, 0.2) is 5.76 Å². The summed E-state index contributed by atoms with van der Waals surface area (Å²) in [6.45, 7) is 2.09. The molecule has 4 nitrogen and oxygen atoms in total. The molecule has 16 heavy (non-hydrogen) atoms. The highest BCUT2D eigenvalue weighted by Gasteiger charge is 2.12. The maximum atomic E-state index is 10.7. The van der Waals surface area contributed by atoms with E-state index in [1.54, 1.807) is 11.3 Å². The largest absolute Gasteiger partial charge is 0.478 e. The second-order valence-electron chi connectivity index (χ2n) is 3.38. The van der Waals surface area contributed by atoms with Gasteiger partial charge in [0.2, 0.25) is 0 Å². The van der Waals surface area contributed by atoms with Crippen LogP contribution in [0.25, 0.3) is 11.5 Å². The Labute approximate surface area is 96.6 Å². The average molecular weight is 237 g/mol. The van der Waals surface area contributed by atoms with Crippen molar-refractivity contribution in [3.63, 3.8) is 0 Å². The predicted octanol–water partition coefficient (Wildman–Crippen LogP) is 3.05. The van der Waals surface area contributed by atoms with E-state index in [-0.39, 0.29) is 5.56 Å². The first-order valence-electron chi connectivity index (χ1n) is 4.97. The van der Waals surface area contributed by atoms with Crippen LogP contribution >= 0.6 is 11.3 Å². The van der Waals surface area contributed by atoms with E-state index in [2.05, 4.69) is 11.9 Å². The highest BCUT2D eigenvalue weighted by molar-refractivity contribution is 7.09. The van der Waals surface area contributed by atoms with Crippen molar-refractivity contribution in [2.75, 3.05) is 0 Å². The molecular formula is C11H11NO3S. The van der Waals surface area contributed by atoms with Crippen LogP contribution in [-0.4, -0.2) is 16.1 Å². The maximum Gasteiger partial charge on any atom is 0.338 e. The van der Waals surface area contributed by atoms with E-state index in [0.29, 0.717) is 11.5 Å². The third-order valence-electron chi connectivity index (χ3n) is 2.11. The van der Waals surface area contributed by atoms with Crippen molar-refractivity contribution in [2.45, 2.75) is 19.8 Å². The summed E-state index contributed by atoms with van der Waals surface area (Å²) in [7, 11) is 0. The summed E-state index contributed by atoms with van der Waals surface area (Å²) < 4.78 is 5.17. The molecule has 0 aromatic carbocycles. The first kappa shape index (κ1) is 10.9. The molecule has 0 bridgehead atoms. The van der Waals surface area contributed by atoms with Crippen molar-refractivity contribution >= 4 is 17.3 Å². The summed E-state index contributed by atoms with van der Waals surface area (Å²) >= 11 is 1.57. The Balaban J connectivity index is 2.24. The fourth-order valence-electron chi connectivity index (χ4n) is 1.34. The topological polar surface area (TPSA) is 63.3 Å². The molecule has 0 fully saturated rings. The molecule has 0 atom stereocenters. The van der Waals surface area contributed by atoms with Crippen molar-refractivity contribution in [3.8, 4) is 11.5 Å². The Bertz CT molecular complexity index is 501. The fourth-order valence-corrected chi connectivity index (χ4v) is 2.23. The minimum absolute atomic E-state index is 0.153. The number of furan rings is 1. The molecule has 1 N–H and O–H groups in total. The van der Waals surface area contributed by atoms with Crippen LogP contribution in [0, 0.1) is 0 Å². The molecule has 0 saturated heterocycles. The summed E-state index contributed by atoms with van der Waals surface area (Å²) in [5.74, 6) is -0.477. The van der Waals surface area contributed by atoms with Crippen LogP contribution in [0.2, 0.25) is 0 Å². The number of aryl methyl sites for hydroxylation is 1. The summed E-state index contributed by atoms with van der Waals surface area (Å²) in [4.78, 5) is 15.1. The molecule has 0 radical (unpaired) electrons. The lowest BCUT2D eigenvalue weighted by Gasteiger charge is -1.88. The van der Waals surface area contributed by atoms with Gasteiger partial charge in [0.25, 0.3) is 0 Å². The Morgan fingerprint density at radius 1 is 1.62 bits per heavy atom. The van der Waals surface area contributed by atoms with Gasteiger partial charge in [0, 0.05) is 11.4 Å². The van der Waals surface area contributed by atoms with Gasteiger partial charge >= 0.3 is 5.97 Å². The Hall–Kier alpha value is -1.62. The van der Waals surface area contributed by atoms with Crippen molar-refractivity contribution in [2.24, 2.45) is 0 Å². The first-order valence-corrected chi connectivity index (χ1v) is 5.85. The van der Waals surface area contributed by atoms with E-state index in [1.165, 1.54) is 12.3 Å². The number of thiazole rings is 1. The van der Waals surface area contributed by atoms with Crippen molar-refractivity contribution < 1.29 is 14.3 Å². The molecule has 0 spiro atoms. The standard InChI is InChI=1S/C11H11NO3S/c1-2-3-10-12-8(6-16-10)9-4-7(5-15-9)11(13)14/h4-6H,2-3H2,1H3,(H,13,14). The summed E-state index contributed by atoms with van der Waals surface area (Å²) in [6.07, 6.45) is 3.22. The van der Waals surface area contributed by atoms with Gasteiger partial charge in [-0.3, -0.25) is 0 Å². The number of aromatic nitrogens is 1. The lowest BCUT2D eigenvalue weighted by molar-refractivity contribution is 0.0696. The van der Waals surface area contributed by atoms with E-state index in [9.17, 15) is 4.79 Å². The summed E-state index contributed by atoms with van der Waals surface area (Å²) in [6, 6.07) is 1.49. The van der Waals surface area contributed by atoms with E-state index < -0.39 is 5.97 Å². The van der Waals surface area contributed by atoms with Gasteiger partial charge in [-0.2, -0.15) is 0 Å². The zero-order chi connectivity index (χ0) is 11.5. The maximum absolute atomic E-state index is 10.7. The lowest BCUT2D eigenvalue weighted by Crippen LogP contribution is -1.91. The first-order chi connectivity index (χ1) is 7.70. The molecule has 0 aliphatic heterocycles. The van der Waals surface area contributed by atoms with E-state index >= 15 is 0 Å². The highest BCUT2D eigenvalue weighted by Crippen LogP contribution is 2.24. The molecule has 0 aliphatic rings. The Morgan fingerprint density at radius 3 is 3.06 bits per heavy atom. The van der Waals surface area contributed by atoms with Gasteiger partial charge in [-0.25, -0.2) is 9.78 Å². The average Bonchev–Trinajstić information content (AvgIpc) is 2.84. The number of hydrogen-bond acceptors (Lipinski definition) is 4. The second-order valence-corrected chi connectivity index (χ2v) is 4.32. The molecule has 84 valence electrons. The quantitative estimate of drug-likeness (QED) is 0.887. The van der Waals surface area contributed by atoms with E-state index in [4.69, 9.17) is 9.52 Å². The van der Waals surface area contributed by atoms with Crippen LogP contribution in [0.1, 0.15) is 28.7 Å². The highest BCUT2D eigenvalue weighted by atomic mass is 32.1. The number of carbonyl (C=O) groups is 1.